The molecule has 1 amide bonds. The Morgan fingerprint density at radius 1 is 1.80 bits per heavy atom. The van der Waals surface area contributed by atoms with Crippen LogP contribution in [0, 0.1) is 0 Å². The lowest BCUT2D eigenvalue weighted by molar-refractivity contribution is 0.531. The molecule has 1 radical (unpaired) electrons. The van der Waals surface area contributed by atoms with Crippen molar-refractivity contribution in [3.05, 3.63) is 22.4 Å². The lowest BCUT2D eigenvalue weighted by Gasteiger charge is -2.04. The number of carbonyl (C=O) groups excluding carboxylic acids is 1. The first-order valence-corrected chi connectivity index (χ1v) is 3.88. The maximum atomic E-state index is 9.88. The first-order valence-electron chi connectivity index (χ1n) is 3.00. The molecule has 1 aromatic heterocycles. The zero-order chi connectivity index (χ0) is 7.40. The van der Waals surface area contributed by atoms with E-state index < -0.39 is 0 Å². The fourth-order valence-corrected chi connectivity index (χ4v) is 1.43. The quantitative estimate of drug-likeness (QED) is 0.656. The van der Waals surface area contributed by atoms with E-state index in [4.69, 9.17) is 0 Å². The van der Waals surface area contributed by atoms with Crippen molar-refractivity contribution < 1.29 is 4.79 Å². The second kappa shape index (κ2) is 3.37. The average Bonchev–Trinajstić information content (AvgIpc) is 2.38. The number of nitrogens with one attached hydrogen (secondary N) is 1. The van der Waals surface area contributed by atoms with Gasteiger partial charge in [-0.2, -0.15) is 0 Å². The fourth-order valence-electron chi connectivity index (χ4n) is 0.697. The Bertz CT molecular complexity index is 195. The van der Waals surface area contributed by atoms with Crippen LogP contribution < -0.4 is 5.32 Å². The van der Waals surface area contributed by atoms with E-state index in [1.807, 2.05) is 24.4 Å². The molecular weight excluding hydrogens is 146 g/mol. The summed E-state index contributed by atoms with van der Waals surface area (Å²) in [5.41, 5.74) is 0. The Morgan fingerprint density at radius 2 is 2.60 bits per heavy atom. The molecule has 0 fully saturated rings. The third kappa shape index (κ3) is 1.57. The molecule has 0 aliphatic carbocycles. The number of thiophene rings is 1. The van der Waals surface area contributed by atoms with Crippen LogP contribution in [-0.2, 0) is 4.79 Å². The minimum atomic E-state index is 0.0949. The molecule has 1 heterocycles. The number of amides is 1. The standard InChI is InChI=1S/C7H8NOS/c1-6(8-5-9)7-3-2-4-10-7/h2-4,6H,1H3,(H,8,9). The van der Waals surface area contributed by atoms with Gasteiger partial charge in [-0.05, 0) is 18.4 Å². The Morgan fingerprint density at radius 3 is 3.10 bits per heavy atom. The molecule has 53 valence electrons. The zero-order valence-corrected chi connectivity index (χ0v) is 6.44. The molecule has 0 aromatic carbocycles. The number of hydrogen-bond acceptors (Lipinski definition) is 2. The van der Waals surface area contributed by atoms with Gasteiger partial charge in [0, 0.05) is 4.88 Å². The van der Waals surface area contributed by atoms with Crippen LogP contribution in [0.25, 0.3) is 0 Å². The van der Waals surface area contributed by atoms with Crippen molar-refractivity contribution in [3.8, 4) is 0 Å². The van der Waals surface area contributed by atoms with Gasteiger partial charge in [0.05, 0.1) is 6.04 Å². The van der Waals surface area contributed by atoms with Gasteiger partial charge in [-0.1, -0.05) is 6.07 Å². The van der Waals surface area contributed by atoms with Crippen LogP contribution in [0.5, 0.6) is 0 Å². The molecule has 0 bridgehead atoms. The van der Waals surface area contributed by atoms with Crippen molar-refractivity contribution in [2.24, 2.45) is 0 Å². The van der Waals surface area contributed by atoms with Crippen LogP contribution in [0.15, 0.2) is 17.5 Å². The predicted molar refractivity (Wildman–Crippen MR) is 41.6 cm³/mol. The maximum Gasteiger partial charge on any atom is 0.309 e. The predicted octanol–water partition coefficient (Wildman–Crippen LogP) is 1.47. The molecular formula is C7H8NOS. The summed E-state index contributed by atoms with van der Waals surface area (Å²) < 4.78 is 0. The minimum Gasteiger partial charge on any atom is -0.341 e. The van der Waals surface area contributed by atoms with Gasteiger partial charge in [-0.25, -0.2) is 0 Å². The average molecular weight is 154 g/mol. The molecule has 1 rings (SSSR count). The summed E-state index contributed by atoms with van der Waals surface area (Å²) in [6.45, 7) is 1.93. The number of rotatable bonds is 3. The third-order valence-corrected chi connectivity index (χ3v) is 2.30. The van der Waals surface area contributed by atoms with Gasteiger partial charge in [-0.3, -0.25) is 4.79 Å². The first kappa shape index (κ1) is 7.28. The summed E-state index contributed by atoms with van der Waals surface area (Å²) in [5.74, 6) is 0. The fraction of sp³-hybridized carbons (Fsp3) is 0.286. The molecule has 0 spiro atoms. The van der Waals surface area contributed by atoms with E-state index in [1.165, 1.54) is 0 Å². The summed E-state index contributed by atoms with van der Waals surface area (Å²) in [5, 5.41) is 4.54. The molecule has 1 atom stereocenters. The van der Waals surface area contributed by atoms with Gasteiger partial charge < -0.3 is 5.32 Å². The van der Waals surface area contributed by atoms with Crippen LogP contribution >= 0.6 is 11.3 Å². The van der Waals surface area contributed by atoms with Crippen LogP contribution in [0.1, 0.15) is 17.8 Å². The molecule has 0 saturated carbocycles. The molecule has 0 saturated heterocycles. The van der Waals surface area contributed by atoms with E-state index in [0.717, 1.165) is 4.88 Å². The lowest BCUT2D eigenvalue weighted by atomic mass is 10.3. The highest BCUT2D eigenvalue weighted by Gasteiger charge is 2.02. The SMILES string of the molecule is CC(N[C]=O)c1cccs1. The Labute approximate surface area is 63.9 Å². The Kier molecular flexibility index (Phi) is 2.45. The smallest absolute Gasteiger partial charge is 0.309 e. The van der Waals surface area contributed by atoms with Gasteiger partial charge in [0.15, 0.2) is 0 Å². The van der Waals surface area contributed by atoms with Crippen molar-refractivity contribution in [2.75, 3.05) is 0 Å². The highest BCUT2D eigenvalue weighted by Crippen LogP contribution is 2.16. The summed E-state index contributed by atoms with van der Waals surface area (Å²) in [6.07, 6.45) is 1.66. The van der Waals surface area contributed by atoms with Gasteiger partial charge in [-0.15, -0.1) is 11.3 Å². The topological polar surface area (TPSA) is 29.1 Å². The molecule has 1 aromatic rings. The second-order valence-electron chi connectivity index (χ2n) is 1.98. The van der Waals surface area contributed by atoms with Crippen molar-refractivity contribution in [2.45, 2.75) is 13.0 Å². The van der Waals surface area contributed by atoms with Crippen molar-refractivity contribution >= 4 is 17.7 Å². The normalized spacial score (nSPS) is 12.5. The van der Waals surface area contributed by atoms with Gasteiger partial charge in [0.25, 0.3) is 0 Å². The number of hydrogen-bond donors (Lipinski definition) is 1. The Balaban J connectivity index is 2.58. The van der Waals surface area contributed by atoms with E-state index in [-0.39, 0.29) is 6.04 Å². The van der Waals surface area contributed by atoms with Crippen molar-refractivity contribution in [1.82, 2.24) is 5.32 Å². The largest absolute Gasteiger partial charge is 0.341 e. The third-order valence-electron chi connectivity index (χ3n) is 1.25. The van der Waals surface area contributed by atoms with Crippen LogP contribution in [0.3, 0.4) is 0 Å². The molecule has 2 nitrogen and oxygen atoms in total. The van der Waals surface area contributed by atoms with Crippen LogP contribution in [0.4, 0.5) is 0 Å². The van der Waals surface area contributed by atoms with Gasteiger partial charge >= 0.3 is 6.41 Å². The second-order valence-corrected chi connectivity index (χ2v) is 2.96. The monoisotopic (exact) mass is 154 g/mol. The molecule has 1 N–H and O–H groups in total. The molecule has 10 heavy (non-hydrogen) atoms. The van der Waals surface area contributed by atoms with Crippen LogP contribution in [-0.4, -0.2) is 6.41 Å². The summed E-state index contributed by atoms with van der Waals surface area (Å²) >= 11 is 1.63. The highest BCUT2D eigenvalue weighted by molar-refractivity contribution is 7.10. The zero-order valence-electron chi connectivity index (χ0n) is 5.63. The summed E-state index contributed by atoms with van der Waals surface area (Å²) in [4.78, 5) is 11.0. The summed E-state index contributed by atoms with van der Waals surface area (Å²) in [6, 6.07) is 4.04. The van der Waals surface area contributed by atoms with Crippen molar-refractivity contribution in [1.29, 1.82) is 0 Å². The molecule has 0 aliphatic rings. The Hall–Kier alpha value is -0.830. The lowest BCUT2D eigenvalue weighted by Crippen LogP contribution is -2.14. The maximum absolute atomic E-state index is 9.88. The van der Waals surface area contributed by atoms with E-state index in [9.17, 15) is 4.79 Å². The molecule has 0 aliphatic heterocycles. The van der Waals surface area contributed by atoms with Gasteiger partial charge in [0.1, 0.15) is 0 Å². The minimum absolute atomic E-state index is 0.0949. The van der Waals surface area contributed by atoms with E-state index in [0.29, 0.717) is 0 Å². The highest BCUT2D eigenvalue weighted by atomic mass is 32.1. The first-order chi connectivity index (χ1) is 4.84. The van der Waals surface area contributed by atoms with E-state index >= 15 is 0 Å². The summed E-state index contributed by atoms with van der Waals surface area (Å²) in [7, 11) is 0. The van der Waals surface area contributed by atoms with Crippen LogP contribution in [0.2, 0.25) is 0 Å². The van der Waals surface area contributed by atoms with E-state index in [2.05, 4.69) is 5.32 Å². The molecule has 3 heteroatoms. The van der Waals surface area contributed by atoms with E-state index in [1.54, 1.807) is 17.7 Å². The molecule has 1 unspecified atom stereocenters. The van der Waals surface area contributed by atoms with Gasteiger partial charge in [0.2, 0.25) is 0 Å². The van der Waals surface area contributed by atoms with Crippen molar-refractivity contribution in [3.63, 3.8) is 0 Å².